The maximum absolute atomic E-state index is 3.77. The lowest BCUT2D eigenvalue weighted by Crippen LogP contribution is -2.20. The zero-order valence-corrected chi connectivity index (χ0v) is 11.8. The van der Waals surface area contributed by atoms with Crippen LogP contribution in [-0.2, 0) is 6.42 Å². The summed E-state index contributed by atoms with van der Waals surface area (Å²) in [5.74, 6) is 0. The van der Waals surface area contributed by atoms with Gasteiger partial charge in [-0.1, -0.05) is 36.7 Å². The molecule has 0 nitrogen and oxygen atoms in total. The van der Waals surface area contributed by atoms with Crippen LogP contribution in [0.1, 0.15) is 37.6 Å². The van der Waals surface area contributed by atoms with Gasteiger partial charge in [-0.2, -0.15) is 0 Å². The van der Waals surface area contributed by atoms with Gasteiger partial charge in [0.25, 0.3) is 0 Å². The first-order valence-electron chi connectivity index (χ1n) is 5.07. The Morgan fingerprint density at radius 1 is 1.43 bits per heavy atom. The van der Waals surface area contributed by atoms with E-state index in [4.69, 9.17) is 0 Å². The molecular formula is C12H19BrS. The molecule has 1 atom stereocenters. The van der Waals surface area contributed by atoms with Crippen LogP contribution in [0.25, 0.3) is 0 Å². The predicted molar refractivity (Wildman–Crippen MR) is 69.5 cm³/mol. The van der Waals surface area contributed by atoms with Crippen LogP contribution in [0.5, 0.6) is 0 Å². The second kappa shape index (κ2) is 4.80. The van der Waals surface area contributed by atoms with Crippen molar-refractivity contribution in [1.82, 2.24) is 0 Å². The summed E-state index contributed by atoms with van der Waals surface area (Å²) >= 11 is 5.61. The number of hydrogen-bond donors (Lipinski definition) is 0. The largest absolute Gasteiger partial charge is 0.149 e. The van der Waals surface area contributed by atoms with Gasteiger partial charge in [-0.25, -0.2) is 0 Å². The molecule has 0 saturated carbocycles. The lowest BCUT2D eigenvalue weighted by molar-refractivity contribution is 0.386. The highest BCUT2D eigenvalue weighted by Gasteiger charge is 2.21. The molecule has 0 fully saturated rings. The number of alkyl halides is 1. The van der Waals surface area contributed by atoms with Crippen LogP contribution in [0.3, 0.4) is 0 Å². The van der Waals surface area contributed by atoms with E-state index in [1.54, 1.807) is 0 Å². The second-order valence-corrected chi connectivity index (χ2v) is 7.16. The van der Waals surface area contributed by atoms with Gasteiger partial charge < -0.3 is 0 Å². The summed E-state index contributed by atoms with van der Waals surface area (Å²) in [5, 5.41) is 2.28. The Labute approximate surface area is 99.9 Å². The molecule has 0 aliphatic rings. The Bertz CT molecular complexity index is 283. The van der Waals surface area contributed by atoms with Crippen molar-refractivity contribution in [1.29, 1.82) is 0 Å². The van der Waals surface area contributed by atoms with Crippen LogP contribution in [0.4, 0.5) is 0 Å². The topological polar surface area (TPSA) is 0 Å². The molecule has 1 aromatic heterocycles. The molecule has 2 heteroatoms. The molecule has 1 unspecified atom stereocenters. The third-order valence-corrected chi connectivity index (χ3v) is 5.15. The van der Waals surface area contributed by atoms with Crippen LogP contribution in [0.15, 0.2) is 11.4 Å². The highest BCUT2D eigenvalue weighted by molar-refractivity contribution is 9.09. The predicted octanol–water partition coefficient (Wildman–Crippen LogP) is 4.80. The smallest absolute Gasteiger partial charge is 0.0197 e. The minimum Gasteiger partial charge on any atom is -0.149 e. The molecule has 0 amide bonds. The Kier molecular flexibility index (Phi) is 4.20. The summed E-state index contributed by atoms with van der Waals surface area (Å²) in [7, 11) is 0. The Hall–Kier alpha value is 0.180. The molecule has 0 aliphatic carbocycles. The highest BCUT2D eigenvalue weighted by atomic mass is 79.9. The third-order valence-electron chi connectivity index (χ3n) is 2.41. The molecule has 14 heavy (non-hydrogen) atoms. The maximum atomic E-state index is 3.77. The SMILES string of the molecule is Cc1cc(CCC(Br)C(C)(C)C)cs1. The summed E-state index contributed by atoms with van der Waals surface area (Å²) in [6, 6.07) is 2.30. The van der Waals surface area contributed by atoms with E-state index < -0.39 is 0 Å². The first kappa shape index (κ1) is 12.3. The first-order valence-corrected chi connectivity index (χ1v) is 6.87. The normalized spacial score (nSPS) is 14.4. The van der Waals surface area contributed by atoms with Crippen LogP contribution >= 0.6 is 27.3 Å². The van der Waals surface area contributed by atoms with Crippen molar-refractivity contribution in [2.24, 2.45) is 5.41 Å². The average Bonchev–Trinajstić information content (AvgIpc) is 2.45. The fraction of sp³-hybridized carbons (Fsp3) is 0.667. The molecule has 0 bridgehead atoms. The summed E-state index contributed by atoms with van der Waals surface area (Å²) < 4.78 is 0. The van der Waals surface area contributed by atoms with Crippen molar-refractivity contribution in [2.45, 2.75) is 45.4 Å². The van der Waals surface area contributed by atoms with Crippen molar-refractivity contribution in [3.05, 3.63) is 21.9 Å². The number of hydrogen-bond acceptors (Lipinski definition) is 1. The zero-order valence-electron chi connectivity index (χ0n) is 9.43. The second-order valence-electron chi connectivity index (χ2n) is 4.94. The first-order chi connectivity index (χ1) is 6.39. The lowest BCUT2D eigenvalue weighted by atomic mass is 9.89. The molecule has 80 valence electrons. The van der Waals surface area contributed by atoms with E-state index in [0.29, 0.717) is 10.2 Å². The van der Waals surface area contributed by atoms with E-state index >= 15 is 0 Å². The standard InChI is InChI=1S/C12H19BrS/c1-9-7-10(8-14-9)5-6-11(13)12(2,3)4/h7-8,11H,5-6H2,1-4H3. The van der Waals surface area contributed by atoms with Gasteiger partial charge in [0.15, 0.2) is 0 Å². The van der Waals surface area contributed by atoms with Crippen LogP contribution in [0, 0.1) is 12.3 Å². The summed E-state index contributed by atoms with van der Waals surface area (Å²) in [6.07, 6.45) is 2.41. The van der Waals surface area contributed by atoms with Gasteiger partial charge >= 0.3 is 0 Å². The fourth-order valence-corrected chi connectivity index (χ4v) is 2.33. The van der Waals surface area contributed by atoms with Gasteiger partial charge in [-0.3, -0.25) is 0 Å². The van der Waals surface area contributed by atoms with Gasteiger partial charge in [0.2, 0.25) is 0 Å². The quantitative estimate of drug-likeness (QED) is 0.695. The molecule has 0 radical (unpaired) electrons. The lowest BCUT2D eigenvalue weighted by Gasteiger charge is -2.25. The molecule has 0 N–H and O–H groups in total. The van der Waals surface area contributed by atoms with Gasteiger partial charge in [0.1, 0.15) is 0 Å². The summed E-state index contributed by atoms with van der Waals surface area (Å²) in [4.78, 5) is 2.03. The Balaban J connectivity index is 2.41. The fourth-order valence-electron chi connectivity index (χ4n) is 1.36. The molecule has 0 aromatic carbocycles. The maximum Gasteiger partial charge on any atom is 0.0197 e. The molecule has 0 spiro atoms. The van der Waals surface area contributed by atoms with E-state index in [-0.39, 0.29) is 0 Å². The Morgan fingerprint density at radius 3 is 2.50 bits per heavy atom. The summed E-state index contributed by atoms with van der Waals surface area (Å²) in [5.41, 5.74) is 1.85. The van der Waals surface area contributed by atoms with Gasteiger partial charge in [0.05, 0.1) is 0 Å². The average molecular weight is 275 g/mol. The number of halogens is 1. The third kappa shape index (κ3) is 3.74. The van der Waals surface area contributed by atoms with Crippen molar-refractivity contribution in [2.75, 3.05) is 0 Å². The van der Waals surface area contributed by atoms with Crippen molar-refractivity contribution < 1.29 is 0 Å². The Morgan fingerprint density at radius 2 is 2.07 bits per heavy atom. The van der Waals surface area contributed by atoms with Crippen molar-refractivity contribution in [3.8, 4) is 0 Å². The molecule has 1 aromatic rings. The minimum atomic E-state index is 0.366. The van der Waals surface area contributed by atoms with Crippen LogP contribution in [-0.4, -0.2) is 4.83 Å². The molecular weight excluding hydrogens is 256 g/mol. The summed E-state index contributed by atoms with van der Waals surface area (Å²) in [6.45, 7) is 9.02. The van der Waals surface area contributed by atoms with E-state index in [1.165, 1.54) is 23.3 Å². The van der Waals surface area contributed by atoms with Gasteiger partial charge in [0, 0.05) is 9.70 Å². The molecule has 1 heterocycles. The number of thiophene rings is 1. The molecule has 0 aliphatic heterocycles. The van der Waals surface area contributed by atoms with E-state index in [1.807, 2.05) is 11.3 Å². The monoisotopic (exact) mass is 274 g/mol. The van der Waals surface area contributed by atoms with Crippen molar-refractivity contribution in [3.63, 3.8) is 0 Å². The minimum absolute atomic E-state index is 0.366. The zero-order chi connectivity index (χ0) is 10.8. The van der Waals surface area contributed by atoms with Gasteiger partial charge in [-0.15, -0.1) is 11.3 Å². The van der Waals surface area contributed by atoms with E-state index in [2.05, 4.69) is 55.1 Å². The highest BCUT2D eigenvalue weighted by Crippen LogP contribution is 2.30. The van der Waals surface area contributed by atoms with E-state index in [9.17, 15) is 0 Å². The molecule has 0 saturated heterocycles. The number of aryl methyl sites for hydroxylation is 2. The number of rotatable bonds is 3. The van der Waals surface area contributed by atoms with E-state index in [0.717, 1.165) is 0 Å². The van der Waals surface area contributed by atoms with Gasteiger partial charge in [-0.05, 0) is 42.2 Å². The van der Waals surface area contributed by atoms with Crippen LogP contribution in [0.2, 0.25) is 0 Å². The van der Waals surface area contributed by atoms with Crippen molar-refractivity contribution >= 4 is 27.3 Å². The van der Waals surface area contributed by atoms with Crippen LogP contribution < -0.4 is 0 Å². The molecule has 1 rings (SSSR count).